The van der Waals surface area contributed by atoms with Crippen molar-refractivity contribution in [1.82, 2.24) is 4.90 Å². The normalized spacial score (nSPS) is 15.7. The molecule has 2 rings (SSSR count). The number of nitro groups is 1. The minimum absolute atomic E-state index is 0.116. The molecule has 19 heavy (non-hydrogen) atoms. The predicted octanol–water partition coefficient (Wildman–Crippen LogP) is 2.90. The Morgan fingerprint density at radius 1 is 1.42 bits per heavy atom. The summed E-state index contributed by atoms with van der Waals surface area (Å²) in [5.41, 5.74) is -0.0288. The average molecular weight is 288 g/mol. The maximum atomic E-state index is 13.2. The van der Waals surface area contributed by atoms with Gasteiger partial charge < -0.3 is 10.2 Å². The van der Waals surface area contributed by atoms with Crippen molar-refractivity contribution in [3.05, 3.63) is 33.1 Å². The van der Waals surface area contributed by atoms with Crippen molar-refractivity contribution in [3.8, 4) is 0 Å². The molecule has 0 aromatic heterocycles. The first-order valence-corrected chi connectivity index (χ1v) is 6.55. The first-order chi connectivity index (χ1) is 9.08. The number of hydrogen-bond acceptors (Lipinski definition) is 4. The van der Waals surface area contributed by atoms with E-state index in [0.717, 1.165) is 25.7 Å². The highest BCUT2D eigenvalue weighted by Crippen LogP contribution is 2.30. The summed E-state index contributed by atoms with van der Waals surface area (Å²) < 4.78 is 13.2. The summed E-state index contributed by atoms with van der Waals surface area (Å²) in [6.45, 7) is 3.51. The smallest absolute Gasteiger partial charge is 0.295 e. The monoisotopic (exact) mass is 287 g/mol. The highest BCUT2D eigenvalue weighted by Gasteiger charge is 2.18. The largest absolute Gasteiger partial charge is 0.378 e. The van der Waals surface area contributed by atoms with Gasteiger partial charge in [0, 0.05) is 13.1 Å². The molecule has 0 amide bonds. The number of halogens is 2. The third-order valence-corrected chi connectivity index (χ3v) is 3.47. The highest BCUT2D eigenvalue weighted by molar-refractivity contribution is 6.31. The molecule has 5 nitrogen and oxygen atoms in total. The topological polar surface area (TPSA) is 58.4 Å². The van der Waals surface area contributed by atoms with Crippen LogP contribution in [0.3, 0.4) is 0 Å². The molecule has 0 unspecified atom stereocenters. The van der Waals surface area contributed by atoms with E-state index in [4.69, 9.17) is 11.6 Å². The first-order valence-electron chi connectivity index (χ1n) is 6.17. The van der Waals surface area contributed by atoms with Gasteiger partial charge in [-0.3, -0.25) is 10.1 Å². The molecule has 1 fully saturated rings. The molecule has 1 N–H and O–H groups in total. The number of hydrogen-bond donors (Lipinski definition) is 1. The number of benzene rings is 1. The summed E-state index contributed by atoms with van der Waals surface area (Å²) in [5.74, 6) is -0.779. The van der Waals surface area contributed by atoms with Gasteiger partial charge in [0.2, 0.25) is 0 Å². The minimum atomic E-state index is -0.779. The van der Waals surface area contributed by atoms with Crippen LogP contribution in [-0.4, -0.2) is 36.0 Å². The van der Waals surface area contributed by atoms with E-state index in [9.17, 15) is 14.5 Å². The van der Waals surface area contributed by atoms with Crippen LogP contribution in [0.1, 0.15) is 12.8 Å². The second-order valence-corrected chi connectivity index (χ2v) is 4.92. The maximum Gasteiger partial charge on any atom is 0.295 e. The van der Waals surface area contributed by atoms with Gasteiger partial charge >= 0.3 is 0 Å². The van der Waals surface area contributed by atoms with Crippen molar-refractivity contribution >= 4 is 23.0 Å². The number of anilines is 1. The van der Waals surface area contributed by atoms with E-state index in [1.54, 1.807) is 0 Å². The van der Waals surface area contributed by atoms with Gasteiger partial charge in [0.15, 0.2) is 0 Å². The fraction of sp³-hybridized carbons (Fsp3) is 0.500. The summed E-state index contributed by atoms with van der Waals surface area (Å²) in [6.07, 6.45) is 2.39. The lowest BCUT2D eigenvalue weighted by molar-refractivity contribution is -0.384. The zero-order valence-electron chi connectivity index (χ0n) is 10.4. The molecule has 0 aliphatic carbocycles. The molecule has 1 saturated heterocycles. The lowest BCUT2D eigenvalue weighted by atomic mass is 10.2. The van der Waals surface area contributed by atoms with Crippen LogP contribution in [0.4, 0.5) is 15.8 Å². The van der Waals surface area contributed by atoms with E-state index >= 15 is 0 Å². The van der Waals surface area contributed by atoms with Crippen LogP contribution in [-0.2, 0) is 0 Å². The highest BCUT2D eigenvalue weighted by atomic mass is 35.5. The summed E-state index contributed by atoms with van der Waals surface area (Å²) in [5, 5.41) is 13.7. The van der Waals surface area contributed by atoms with Gasteiger partial charge in [-0.2, -0.15) is 0 Å². The molecule has 1 aromatic rings. The van der Waals surface area contributed by atoms with Crippen molar-refractivity contribution in [2.24, 2.45) is 0 Å². The molecule has 0 saturated carbocycles. The van der Waals surface area contributed by atoms with Crippen molar-refractivity contribution in [2.45, 2.75) is 12.8 Å². The molecule has 104 valence electrons. The Balaban J connectivity index is 2.01. The van der Waals surface area contributed by atoms with Crippen molar-refractivity contribution < 1.29 is 9.31 Å². The lowest BCUT2D eigenvalue weighted by Gasteiger charge is -2.15. The second kappa shape index (κ2) is 6.16. The van der Waals surface area contributed by atoms with Crippen LogP contribution in [0.15, 0.2) is 12.1 Å². The second-order valence-electron chi connectivity index (χ2n) is 4.52. The van der Waals surface area contributed by atoms with Crippen LogP contribution >= 0.6 is 11.6 Å². The Bertz CT molecular complexity index is 478. The number of nitrogens with zero attached hydrogens (tertiary/aromatic N) is 2. The molecule has 7 heteroatoms. The summed E-state index contributed by atoms with van der Waals surface area (Å²) >= 11 is 5.65. The van der Waals surface area contributed by atoms with Gasteiger partial charge in [0.1, 0.15) is 11.5 Å². The molecule has 0 spiro atoms. The third-order valence-electron chi connectivity index (χ3n) is 3.18. The maximum absolute atomic E-state index is 13.2. The van der Waals surface area contributed by atoms with Crippen LogP contribution < -0.4 is 5.32 Å². The molecular weight excluding hydrogens is 273 g/mol. The van der Waals surface area contributed by atoms with Crippen LogP contribution in [0, 0.1) is 15.9 Å². The van der Waals surface area contributed by atoms with E-state index in [1.165, 1.54) is 18.9 Å². The quantitative estimate of drug-likeness (QED) is 0.668. The van der Waals surface area contributed by atoms with Gasteiger partial charge in [-0.15, -0.1) is 0 Å². The Morgan fingerprint density at radius 2 is 2.11 bits per heavy atom. The number of rotatable bonds is 5. The van der Waals surface area contributed by atoms with E-state index in [-0.39, 0.29) is 16.4 Å². The minimum Gasteiger partial charge on any atom is -0.378 e. The van der Waals surface area contributed by atoms with Crippen molar-refractivity contribution in [3.63, 3.8) is 0 Å². The van der Waals surface area contributed by atoms with E-state index in [1.807, 2.05) is 0 Å². The van der Waals surface area contributed by atoms with Gasteiger partial charge in [0.05, 0.1) is 16.0 Å². The SMILES string of the molecule is O=[N+]([O-])c1cc(F)c(Cl)cc1NCCN1CCCC1. The Labute approximate surface area is 115 Å². The first kappa shape index (κ1) is 14.0. The molecule has 0 bridgehead atoms. The summed E-state index contributed by atoms with van der Waals surface area (Å²) in [6, 6.07) is 2.11. The molecule has 1 aliphatic heterocycles. The van der Waals surface area contributed by atoms with Gasteiger partial charge in [-0.25, -0.2) is 4.39 Å². The number of nitro benzene ring substituents is 1. The number of nitrogens with one attached hydrogen (secondary N) is 1. The average Bonchev–Trinajstić information content (AvgIpc) is 2.86. The third kappa shape index (κ3) is 3.54. The van der Waals surface area contributed by atoms with E-state index in [2.05, 4.69) is 10.2 Å². The van der Waals surface area contributed by atoms with Crippen LogP contribution in [0.25, 0.3) is 0 Å². The van der Waals surface area contributed by atoms with Crippen LogP contribution in [0.5, 0.6) is 0 Å². The summed E-state index contributed by atoms with van der Waals surface area (Å²) in [4.78, 5) is 12.5. The van der Waals surface area contributed by atoms with E-state index < -0.39 is 10.7 Å². The molecule has 0 radical (unpaired) electrons. The Kier molecular flexibility index (Phi) is 4.55. The van der Waals surface area contributed by atoms with Gasteiger partial charge in [0.25, 0.3) is 5.69 Å². The van der Waals surface area contributed by atoms with Crippen molar-refractivity contribution in [1.29, 1.82) is 0 Å². The fourth-order valence-electron chi connectivity index (χ4n) is 2.18. The molecular formula is C12H15ClFN3O2. The van der Waals surface area contributed by atoms with Crippen molar-refractivity contribution in [2.75, 3.05) is 31.5 Å². The zero-order chi connectivity index (χ0) is 13.8. The molecule has 1 heterocycles. The Morgan fingerprint density at radius 3 is 2.74 bits per heavy atom. The predicted molar refractivity (Wildman–Crippen MR) is 72.2 cm³/mol. The lowest BCUT2D eigenvalue weighted by Crippen LogP contribution is -2.26. The standard InChI is InChI=1S/C12H15ClFN3O2/c13-9-7-11(12(17(18)19)8-10(9)14)15-3-6-16-4-1-2-5-16/h7-8,15H,1-6H2. The number of likely N-dealkylation sites (tertiary alicyclic amines) is 1. The van der Waals surface area contributed by atoms with Gasteiger partial charge in [-0.05, 0) is 32.0 Å². The van der Waals surface area contributed by atoms with E-state index in [0.29, 0.717) is 6.54 Å². The molecule has 0 atom stereocenters. The van der Waals surface area contributed by atoms with Gasteiger partial charge in [-0.1, -0.05) is 11.6 Å². The summed E-state index contributed by atoms with van der Waals surface area (Å²) in [7, 11) is 0. The van der Waals surface area contributed by atoms with Crippen LogP contribution in [0.2, 0.25) is 5.02 Å². The Hall–Kier alpha value is -1.40. The molecule has 1 aromatic carbocycles. The molecule has 1 aliphatic rings. The fourth-order valence-corrected chi connectivity index (χ4v) is 2.35. The zero-order valence-corrected chi connectivity index (χ0v) is 11.1.